The average molecular weight is 303 g/mol. The summed E-state index contributed by atoms with van der Waals surface area (Å²) < 4.78 is 10.7. The van der Waals surface area contributed by atoms with Crippen LogP contribution in [0.5, 0.6) is 11.5 Å². The topological polar surface area (TPSA) is 54.9 Å². The number of benzene rings is 1. The predicted octanol–water partition coefficient (Wildman–Crippen LogP) is 2.34. The molecule has 5 nitrogen and oxygen atoms in total. The summed E-state index contributed by atoms with van der Waals surface area (Å²) in [6.07, 6.45) is 0. The maximum absolute atomic E-state index is 5.37. The molecular weight excluding hydrogens is 286 g/mol. The second-order valence-corrected chi connectivity index (χ2v) is 5.38. The molecule has 21 heavy (non-hydrogen) atoms. The van der Waals surface area contributed by atoms with Gasteiger partial charge < -0.3 is 20.1 Å². The van der Waals surface area contributed by atoms with Crippen LogP contribution in [-0.4, -0.2) is 19.8 Å². The second-order valence-electron chi connectivity index (χ2n) is 4.60. The Hall–Kier alpha value is -2.21. The molecule has 0 amide bonds. The van der Waals surface area contributed by atoms with Crippen LogP contribution in [0.4, 0.5) is 0 Å². The van der Waals surface area contributed by atoms with Crippen LogP contribution in [0.1, 0.15) is 11.1 Å². The lowest BCUT2D eigenvalue weighted by atomic mass is 10.2. The van der Waals surface area contributed by atoms with Gasteiger partial charge in [0, 0.05) is 20.1 Å². The first-order chi connectivity index (χ1) is 10.3. The monoisotopic (exact) mass is 303 g/mol. The van der Waals surface area contributed by atoms with Gasteiger partial charge in [0.15, 0.2) is 17.5 Å². The van der Waals surface area contributed by atoms with Crippen molar-refractivity contribution in [2.45, 2.75) is 13.1 Å². The van der Waals surface area contributed by atoms with E-state index in [2.05, 4.69) is 32.5 Å². The quantitative estimate of drug-likeness (QED) is 0.672. The van der Waals surface area contributed by atoms with E-state index in [0.29, 0.717) is 13.3 Å². The minimum absolute atomic E-state index is 0.302. The van der Waals surface area contributed by atoms with Gasteiger partial charge >= 0.3 is 0 Å². The van der Waals surface area contributed by atoms with Crippen LogP contribution < -0.4 is 20.1 Å². The first-order valence-electron chi connectivity index (χ1n) is 6.69. The summed E-state index contributed by atoms with van der Waals surface area (Å²) in [5, 5.41) is 10.8. The molecule has 1 aromatic heterocycles. The molecule has 110 valence electrons. The standard InChI is InChI=1S/C15H17N3O2S/c1-16-15(18-8-12-4-5-21-9-12)17-7-11-2-3-13-14(6-11)20-10-19-13/h2-6,9H,7-8,10H2,1H3,(H2,16,17,18). The Morgan fingerprint density at radius 3 is 2.71 bits per heavy atom. The molecule has 0 atom stereocenters. The first-order valence-corrected chi connectivity index (χ1v) is 7.63. The highest BCUT2D eigenvalue weighted by atomic mass is 32.1. The lowest BCUT2D eigenvalue weighted by molar-refractivity contribution is 0.174. The van der Waals surface area contributed by atoms with Gasteiger partial charge in [-0.2, -0.15) is 11.3 Å². The van der Waals surface area contributed by atoms with E-state index in [1.54, 1.807) is 18.4 Å². The van der Waals surface area contributed by atoms with Gasteiger partial charge in [-0.15, -0.1) is 0 Å². The molecule has 0 saturated carbocycles. The van der Waals surface area contributed by atoms with Gasteiger partial charge in [0.25, 0.3) is 0 Å². The SMILES string of the molecule is CN=C(NCc1ccsc1)NCc1ccc2c(c1)OCO2. The van der Waals surface area contributed by atoms with Crippen LogP contribution in [0.2, 0.25) is 0 Å². The molecule has 0 unspecified atom stereocenters. The van der Waals surface area contributed by atoms with Crippen LogP contribution in [-0.2, 0) is 13.1 Å². The summed E-state index contributed by atoms with van der Waals surface area (Å²) in [6.45, 7) is 1.75. The third-order valence-electron chi connectivity index (χ3n) is 3.16. The number of thiophene rings is 1. The van der Waals surface area contributed by atoms with Gasteiger partial charge in [-0.05, 0) is 40.1 Å². The molecule has 0 radical (unpaired) electrons. The molecule has 2 aromatic rings. The van der Waals surface area contributed by atoms with Crippen LogP contribution in [0, 0.1) is 0 Å². The third kappa shape index (κ3) is 3.46. The Bertz CT molecular complexity index is 626. The normalized spacial score (nSPS) is 13.3. The third-order valence-corrected chi connectivity index (χ3v) is 3.89. The van der Waals surface area contributed by atoms with Crippen molar-refractivity contribution >= 4 is 17.3 Å². The molecule has 0 aliphatic carbocycles. The van der Waals surface area contributed by atoms with Crippen LogP contribution in [0.25, 0.3) is 0 Å². The van der Waals surface area contributed by atoms with Crippen molar-refractivity contribution < 1.29 is 9.47 Å². The molecular formula is C15H17N3O2S. The van der Waals surface area contributed by atoms with Crippen molar-refractivity contribution in [1.82, 2.24) is 10.6 Å². The number of rotatable bonds is 4. The van der Waals surface area contributed by atoms with Gasteiger partial charge in [-0.1, -0.05) is 6.07 Å². The van der Waals surface area contributed by atoms with Gasteiger partial charge in [0.1, 0.15) is 0 Å². The summed E-state index contributed by atoms with van der Waals surface area (Å²) in [4.78, 5) is 4.22. The molecule has 1 aromatic carbocycles. The minimum Gasteiger partial charge on any atom is -0.454 e. The number of aliphatic imine (C=N–C) groups is 1. The van der Waals surface area contributed by atoms with E-state index in [1.807, 2.05) is 18.2 Å². The Morgan fingerprint density at radius 2 is 1.95 bits per heavy atom. The summed E-state index contributed by atoms with van der Waals surface area (Å²) in [6, 6.07) is 8.04. The number of hydrogen-bond donors (Lipinski definition) is 2. The fraction of sp³-hybridized carbons (Fsp3) is 0.267. The predicted molar refractivity (Wildman–Crippen MR) is 83.9 cm³/mol. The van der Waals surface area contributed by atoms with Crippen molar-refractivity contribution in [3.8, 4) is 11.5 Å². The van der Waals surface area contributed by atoms with E-state index in [0.717, 1.165) is 29.6 Å². The lowest BCUT2D eigenvalue weighted by Gasteiger charge is -2.11. The number of hydrogen-bond acceptors (Lipinski definition) is 4. The zero-order valence-corrected chi connectivity index (χ0v) is 12.6. The van der Waals surface area contributed by atoms with Gasteiger partial charge in [-0.3, -0.25) is 4.99 Å². The maximum atomic E-state index is 5.37. The number of guanidine groups is 1. The molecule has 3 rings (SSSR count). The fourth-order valence-corrected chi connectivity index (χ4v) is 2.70. The zero-order chi connectivity index (χ0) is 14.5. The van der Waals surface area contributed by atoms with E-state index in [1.165, 1.54) is 5.56 Å². The number of ether oxygens (including phenoxy) is 2. The summed E-state index contributed by atoms with van der Waals surface area (Å²) in [5.74, 6) is 2.38. The number of fused-ring (bicyclic) bond motifs is 1. The largest absolute Gasteiger partial charge is 0.454 e. The Morgan fingerprint density at radius 1 is 1.14 bits per heavy atom. The Kier molecular flexibility index (Phi) is 4.25. The van der Waals surface area contributed by atoms with Crippen molar-refractivity contribution in [3.05, 3.63) is 46.2 Å². The number of nitrogens with one attached hydrogen (secondary N) is 2. The van der Waals surface area contributed by atoms with E-state index in [-0.39, 0.29) is 0 Å². The van der Waals surface area contributed by atoms with Gasteiger partial charge in [0.2, 0.25) is 6.79 Å². The van der Waals surface area contributed by atoms with Crippen molar-refractivity contribution in [2.75, 3.05) is 13.8 Å². The molecule has 6 heteroatoms. The van der Waals surface area contributed by atoms with Crippen molar-refractivity contribution in [3.63, 3.8) is 0 Å². The first kappa shape index (κ1) is 13.8. The Labute approximate surface area is 127 Å². The molecule has 0 spiro atoms. The summed E-state index contributed by atoms with van der Waals surface area (Å²) in [7, 11) is 1.77. The Balaban J connectivity index is 1.53. The molecule has 1 aliphatic rings. The molecule has 1 aliphatic heterocycles. The summed E-state index contributed by atoms with van der Waals surface area (Å²) >= 11 is 1.69. The highest BCUT2D eigenvalue weighted by Gasteiger charge is 2.13. The second kappa shape index (κ2) is 6.49. The molecule has 0 bridgehead atoms. The zero-order valence-electron chi connectivity index (χ0n) is 11.8. The molecule has 2 N–H and O–H groups in total. The van der Waals surface area contributed by atoms with Crippen molar-refractivity contribution in [2.24, 2.45) is 4.99 Å². The van der Waals surface area contributed by atoms with E-state index in [4.69, 9.17) is 9.47 Å². The smallest absolute Gasteiger partial charge is 0.231 e. The minimum atomic E-state index is 0.302. The highest BCUT2D eigenvalue weighted by molar-refractivity contribution is 7.07. The van der Waals surface area contributed by atoms with E-state index in [9.17, 15) is 0 Å². The average Bonchev–Trinajstić information content (AvgIpc) is 3.18. The van der Waals surface area contributed by atoms with E-state index >= 15 is 0 Å². The van der Waals surface area contributed by atoms with Crippen LogP contribution in [0.15, 0.2) is 40.0 Å². The van der Waals surface area contributed by atoms with E-state index < -0.39 is 0 Å². The van der Waals surface area contributed by atoms with Crippen LogP contribution in [0.3, 0.4) is 0 Å². The number of nitrogens with zero attached hydrogens (tertiary/aromatic N) is 1. The maximum Gasteiger partial charge on any atom is 0.231 e. The lowest BCUT2D eigenvalue weighted by Crippen LogP contribution is -2.36. The molecule has 0 fully saturated rings. The van der Waals surface area contributed by atoms with Gasteiger partial charge in [-0.25, -0.2) is 0 Å². The highest BCUT2D eigenvalue weighted by Crippen LogP contribution is 2.32. The van der Waals surface area contributed by atoms with Gasteiger partial charge in [0.05, 0.1) is 0 Å². The fourth-order valence-electron chi connectivity index (χ4n) is 2.04. The van der Waals surface area contributed by atoms with Crippen molar-refractivity contribution in [1.29, 1.82) is 0 Å². The van der Waals surface area contributed by atoms with Crippen LogP contribution >= 0.6 is 11.3 Å². The molecule has 2 heterocycles. The molecule has 0 saturated heterocycles. The summed E-state index contributed by atoms with van der Waals surface area (Å²) in [5.41, 5.74) is 2.38.